The molecule has 0 spiro atoms. The van der Waals surface area contributed by atoms with Crippen LogP contribution in [0.4, 0.5) is 5.69 Å². The predicted octanol–water partition coefficient (Wildman–Crippen LogP) is 5.04. The van der Waals surface area contributed by atoms with E-state index in [0.29, 0.717) is 15.7 Å². The second-order valence-corrected chi connectivity index (χ2v) is 7.83. The molecule has 134 valence electrons. The maximum atomic E-state index is 11.6. The van der Waals surface area contributed by atoms with E-state index in [1.165, 1.54) is 18.2 Å². The molecule has 7 heteroatoms. The van der Waals surface area contributed by atoms with Gasteiger partial charge in [0, 0.05) is 12.0 Å². The Bertz CT molecular complexity index is 866. The van der Waals surface area contributed by atoms with Crippen molar-refractivity contribution >= 4 is 39.8 Å². The number of nitrogens with one attached hydrogen (secondary N) is 1. The molecule has 0 radical (unpaired) electrons. The lowest BCUT2D eigenvalue weighted by Gasteiger charge is -2.32. The van der Waals surface area contributed by atoms with Crippen LogP contribution in [0.25, 0.3) is 0 Å². The summed E-state index contributed by atoms with van der Waals surface area (Å²) in [5.41, 5.74) is 4.22. The number of thiol groups is 1. The van der Waals surface area contributed by atoms with Gasteiger partial charge in [0.05, 0.1) is 22.8 Å². The van der Waals surface area contributed by atoms with Gasteiger partial charge in [-0.1, -0.05) is 35.3 Å². The van der Waals surface area contributed by atoms with E-state index in [4.69, 9.17) is 27.4 Å². The topological polar surface area (TPSA) is 50.7 Å². The number of fused-ring (bicyclic) bond motifs is 1. The molecule has 2 aromatic carbocycles. The lowest BCUT2D eigenvalue weighted by atomic mass is 9.76. The number of halogens is 2. The summed E-state index contributed by atoms with van der Waals surface area (Å²) in [6.07, 6.45) is 2.01. The van der Waals surface area contributed by atoms with Crippen molar-refractivity contribution in [2.24, 2.45) is 4.36 Å². The Balaban J connectivity index is 2.06. The number of hydrogen-bond donors (Lipinski definition) is 2. The lowest BCUT2D eigenvalue weighted by Crippen LogP contribution is -2.24. The molecule has 0 saturated heterocycles. The highest BCUT2D eigenvalue weighted by atomic mass is 35.5. The van der Waals surface area contributed by atoms with Gasteiger partial charge in [-0.05, 0) is 60.8 Å². The Hall–Kier alpha value is -1.11. The maximum absolute atomic E-state index is 11.6. The fourth-order valence-electron chi connectivity index (χ4n) is 3.40. The van der Waals surface area contributed by atoms with Crippen LogP contribution in [0.1, 0.15) is 41.5 Å². The number of benzene rings is 2. The fourth-order valence-corrected chi connectivity index (χ4v) is 4.10. The van der Waals surface area contributed by atoms with Gasteiger partial charge in [-0.15, -0.1) is 0 Å². The molecule has 3 atom stereocenters. The molecule has 0 saturated carbocycles. The third-order valence-electron chi connectivity index (χ3n) is 4.61. The fraction of sp³-hybridized carbons (Fsp3) is 0.333. The zero-order valence-electron chi connectivity index (χ0n) is 14.0. The normalized spacial score (nSPS) is 21.1. The Labute approximate surface area is 159 Å². The molecule has 2 aromatic rings. The number of rotatable bonds is 4. The van der Waals surface area contributed by atoms with Gasteiger partial charge in [0.25, 0.3) is 0 Å². The van der Waals surface area contributed by atoms with Gasteiger partial charge < -0.3 is 5.32 Å². The summed E-state index contributed by atoms with van der Waals surface area (Å²) in [5.74, 6) is 0.250. The highest BCUT2D eigenvalue weighted by Crippen LogP contribution is 2.43. The summed E-state index contributed by atoms with van der Waals surface area (Å²) in [7, 11) is 1.31. The van der Waals surface area contributed by atoms with E-state index in [-0.39, 0.29) is 12.0 Å². The molecular formula is C18H20Cl2N2O2S. The Kier molecular flexibility index (Phi) is 6.02. The molecule has 0 heterocycles. The standard InChI is InChI=1S/C18H20Cl2N2O2S/c1-21-18-8-6-13(11-3-7-16(19)17(20)9-11)14-5-4-12(10-15(14)18)22-25(23)24-2/h3-5,7,9-10,13,18,21,25H,6,8H2,1-2H3/t13-,18-/m0/s1. The summed E-state index contributed by atoms with van der Waals surface area (Å²) < 4.78 is 20.4. The van der Waals surface area contributed by atoms with Crippen LogP contribution in [0.2, 0.25) is 10.0 Å². The van der Waals surface area contributed by atoms with Crippen molar-refractivity contribution in [1.29, 1.82) is 0 Å². The molecule has 0 fully saturated rings. The summed E-state index contributed by atoms with van der Waals surface area (Å²) in [6.45, 7) is 0. The van der Waals surface area contributed by atoms with E-state index in [9.17, 15) is 4.21 Å². The molecule has 0 aromatic heterocycles. The molecule has 1 unspecified atom stereocenters. The quantitative estimate of drug-likeness (QED) is 0.709. The third kappa shape index (κ3) is 4.01. The molecule has 1 aliphatic carbocycles. The highest BCUT2D eigenvalue weighted by Gasteiger charge is 2.28. The second kappa shape index (κ2) is 8.06. The third-order valence-corrected chi connectivity index (χ3v) is 6.06. The van der Waals surface area contributed by atoms with Crippen LogP contribution in [-0.4, -0.2) is 18.4 Å². The maximum Gasteiger partial charge on any atom is 0.156 e. The van der Waals surface area contributed by atoms with Crippen LogP contribution in [0.5, 0.6) is 0 Å². The average molecular weight is 399 g/mol. The van der Waals surface area contributed by atoms with E-state index < -0.39 is 10.9 Å². The first kappa shape index (κ1) is 18.7. The second-order valence-electron chi connectivity index (χ2n) is 5.98. The van der Waals surface area contributed by atoms with E-state index in [0.717, 1.165) is 18.4 Å². The van der Waals surface area contributed by atoms with Gasteiger partial charge in [0.15, 0.2) is 10.9 Å². The first-order valence-corrected chi connectivity index (χ1v) is 9.91. The summed E-state index contributed by atoms with van der Waals surface area (Å²) in [5, 5.41) is 4.49. The van der Waals surface area contributed by atoms with Crippen LogP contribution in [0.15, 0.2) is 40.8 Å². The minimum Gasteiger partial charge on any atom is -0.313 e. The molecule has 25 heavy (non-hydrogen) atoms. The van der Waals surface area contributed by atoms with E-state index in [2.05, 4.69) is 15.7 Å². The van der Waals surface area contributed by atoms with E-state index in [1.807, 2.05) is 37.4 Å². The molecule has 1 aliphatic rings. The smallest absolute Gasteiger partial charge is 0.156 e. The summed E-state index contributed by atoms with van der Waals surface area (Å²) >= 11 is 12.3. The Morgan fingerprint density at radius 1 is 1.12 bits per heavy atom. The number of nitrogens with zero attached hydrogens (tertiary/aromatic N) is 1. The van der Waals surface area contributed by atoms with E-state index >= 15 is 0 Å². The molecule has 0 bridgehead atoms. The first-order valence-electron chi connectivity index (χ1n) is 8.02. The van der Waals surface area contributed by atoms with E-state index in [1.54, 1.807) is 0 Å². The molecule has 3 rings (SSSR count). The van der Waals surface area contributed by atoms with Crippen molar-refractivity contribution in [2.75, 3.05) is 14.2 Å². The first-order chi connectivity index (χ1) is 12.0. The molecule has 1 N–H and O–H groups in total. The lowest BCUT2D eigenvalue weighted by molar-refractivity contribution is 0.453. The van der Waals surface area contributed by atoms with Crippen LogP contribution in [0, 0.1) is 0 Å². The zero-order valence-corrected chi connectivity index (χ0v) is 16.4. The minimum absolute atomic E-state index is 0.240. The summed E-state index contributed by atoms with van der Waals surface area (Å²) in [6, 6.07) is 12.0. The van der Waals surface area contributed by atoms with Crippen LogP contribution in [-0.2, 0) is 15.1 Å². The molecular weight excluding hydrogens is 379 g/mol. The molecule has 0 amide bonds. The van der Waals surface area contributed by atoms with Crippen LogP contribution >= 0.6 is 23.2 Å². The SMILES string of the molecule is CN[C@H]1CC[C@@H](c2ccc(Cl)c(Cl)c2)c2ccc(N=[SH](=O)OC)cc21. The van der Waals surface area contributed by atoms with Crippen molar-refractivity contribution < 1.29 is 8.39 Å². The van der Waals surface area contributed by atoms with Gasteiger partial charge >= 0.3 is 0 Å². The zero-order chi connectivity index (χ0) is 18.0. The highest BCUT2D eigenvalue weighted by molar-refractivity contribution is 7.69. The number of hydrogen-bond acceptors (Lipinski definition) is 4. The Morgan fingerprint density at radius 2 is 1.92 bits per heavy atom. The van der Waals surface area contributed by atoms with Crippen molar-refractivity contribution in [1.82, 2.24) is 5.32 Å². The van der Waals surface area contributed by atoms with Crippen LogP contribution in [0.3, 0.4) is 0 Å². The largest absolute Gasteiger partial charge is 0.313 e. The predicted molar refractivity (Wildman–Crippen MR) is 104 cm³/mol. The monoisotopic (exact) mass is 398 g/mol. The van der Waals surface area contributed by atoms with Crippen molar-refractivity contribution in [2.45, 2.75) is 24.8 Å². The van der Waals surface area contributed by atoms with Crippen molar-refractivity contribution in [3.8, 4) is 0 Å². The summed E-state index contributed by atoms with van der Waals surface area (Å²) in [4.78, 5) is 0. The van der Waals surface area contributed by atoms with Gasteiger partial charge in [0.2, 0.25) is 0 Å². The van der Waals surface area contributed by atoms with Crippen molar-refractivity contribution in [3.63, 3.8) is 0 Å². The van der Waals surface area contributed by atoms with Crippen molar-refractivity contribution in [3.05, 3.63) is 63.1 Å². The van der Waals surface area contributed by atoms with Gasteiger partial charge in [-0.2, -0.15) is 4.36 Å². The molecule has 0 aliphatic heterocycles. The minimum atomic E-state index is -2.03. The molecule has 4 nitrogen and oxygen atoms in total. The van der Waals surface area contributed by atoms with Crippen LogP contribution < -0.4 is 5.32 Å². The van der Waals surface area contributed by atoms with Gasteiger partial charge in [0.1, 0.15) is 0 Å². The Morgan fingerprint density at radius 3 is 2.60 bits per heavy atom. The van der Waals surface area contributed by atoms with Gasteiger partial charge in [-0.25, -0.2) is 4.21 Å². The average Bonchev–Trinajstić information content (AvgIpc) is 2.63. The van der Waals surface area contributed by atoms with Gasteiger partial charge in [-0.3, -0.25) is 4.18 Å².